The van der Waals surface area contributed by atoms with Gasteiger partial charge in [0.25, 0.3) is 0 Å². The predicted molar refractivity (Wildman–Crippen MR) is 121 cm³/mol. The van der Waals surface area contributed by atoms with E-state index >= 15 is 0 Å². The molecule has 3 aromatic rings. The smallest absolute Gasteiger partial charge is 0.353 e. The molecule has 0 aliphatic heterocycles. The van der Waals surface area contributed by atoms with E-state index in [2.05, 4.69) is 20.6 Å². The maximum atomic E-state index is 12.0. The standard InChI is InChI=1S/C22H19N5O7/c1-12(28)13-5-4-6-16(8-13)25-19-18(27(31)32)20(24-11-23-19)26-17-9-14(21(29)33-2)7-15(10-17)22(30)34-3/h4-11H,1-3H3,(H2,23,24,25,26). The average Bonchev–Trinajstić information content (AvgIpc) is 2.82. The van der Waals surface area contributed by atoms with Crippen LogP contribution in [0.4, 0.5) is 28.7 Å². The molecule has 0 aliphatic rings. The molecule has 2 aromatic carbocycles. The van der Waals surface area contributed by atoms with E-state index in [9.17, 15) is 24.5 Å². The lowest BCUT2D eigenvalue weighted by Crippen LogP contribution is -2.09. The highest BCUT2D eigenvalue weighted by molar-refractivity contribution is 5.97. The average molecular weight is 465 g/mol. The van der Waals surface area contributed by atoms with Gasteiger partial charge in [-0.25, -0.2) is 19.6 Å². The molecule has 2 N–H and O–H groups in total. The van der Waals surface area contributed by atoms with Gasteiger partial charge in [-0.2, -0.15) is 0 Å². The Bertz CT molecular complexity index is 1260. The van der Waals surface area contributed by atoms with Gasteiger partial charge in [-0.15, -0.1) is 0 Å². The summed E-state index contributed by atoms with van der Waals surface area (Å²) in [6, 6.07) is 10.3. The molecule has 0 bridgehead atoms. The molecule has 0 fully saturated rings. The number of esters is 2. The highest BCUT2D eigenvalue weighted by Crippen LogP contribution is 2.33. The summed E-state index contributed by atoms with van der Waals surface area (Å²) in [6.45, 7) is 1.40. The normalized spacial score (nSPS) is 10.2. The van der Waals surface area contributed by atoms with Gasteiger partial charge in [0.15, 0.2) is 5.78 Å². The van der Waals surface area contributed by atoms with Crippen LogP contribution in [0.1, 0.15) is 38.0 Å². The van der Waals surface area contributed by atoms with Crippen LogP contribution >= 0.6 is 0 Å². The lowest BCUT2D eigenvalue weighted by Gasteiger charge is -2.12. The number of aromatic nitrogens is 2. The van der Waals surface area contributed by atoms with Gasteiger partial charge in [0, 0.05) is 16.9 Å². The number of methoxy groups -OCH3 is 2. The van der Waals surface area contributed by atoms with Crippen LogP contribution in [0.2, 0.25) is 0 Å². The Labute approximate surface area is 193 Å². The summed E-state index contributed by atoms with van der Waals surface area (Å²) >= 11 is 0. The lowest BCUT2D eigenvalue weighted by molar-refractivity contribution is -0.383. The van der Waals surface area contributed by atoms with Crippen molar-refractivity contribution >= 4 is 46.4 Å². The summed E-state index contributed by atoms with van der Waals surface area (Å²) in [5.41, 5.74) is 0.498. The summed E-state index contributed by atoms with van der Waals surface area (Å²) in [7, 11) is 2.35. The topological polar surface area (TPSA) is 163 Å². The Kier molecular flexibility index (Phi) is 7.11. The second-order valence-corrected chi connectivity index (χ2v) is 6.85. The second-order valence-electron chi connectivity index (χ2n) is 6.85. The highest BCUT2D eigenvalue weighted by atomic mass is 16.6. The summed E-state index contributed by atoms with van der Waals surface area (Å²) in [4.78, 5) is 54.8. The fourth-order valence-electron chi connectivity index (χ4n) is 3.00. The first-order valence-electron chi connectivity index (χ1n) is 9.69. The molecule has 1 heterocycles. The number of Topliss-reactive ketones (excluding diaryl/α,β-unsaturated/α-hetero) is 1. The number of rotatable bonds is 8. The van der Waals surface area contributed by atoms with E-state index < -0.39 is 22.5 Å². The molecule has 0 radical (unpaired) electrons. The first-order chi connectivity index (χ1) is 16.2. The summed E-state index contributed by atoms with van der Waals surface area (Å²) < 4.78 is 9.39. The minimum atomic E-state index is -0.723. The monoisotopic (exact) mass is 465 g/mol. The number of benzene rings is 2. The van der Waals surface area contributed by atoms with Crippen molar-refractivity contribution in [3.05, 3.63) is 75.6 Å². The van der Waals surface area contributed by atoms with Crippen LogP contribution in [-0.2, 0) is 9.47 Å². The number of nitrogens with one attached hydrogen (secondary N) is 2. The molecule has 0 saturated heterocycles. The van der Waals surface area contributed by atoms with Gasteiger partial charge in [0.05, 0.1) is 30.3 Å². The van der Waals surface area contributed by atoms with Crippen molar-refractivity contribution in [2.24, 2.45) is 0 Å². The molecule has 34 heavy (non-hydrogen) atoms. The highest BCUT2D eigenvalue weighted by Gasteiger charge is 2.24. The van der Waals surface area contributed by atoms with Crippen molar-refractivity contribution in [1.82, 2.24) is 9.97 Å². The number of ketones is 1. The van der Waals surface area contributed by atoms with Crippen LogP contribution < -0.4 is 10.6 Å². The molecule has 12 nitrogen and oxygen atoms in total. The zero-order valence-corrected chi connectivity index (χ0v) is 18.3. The number of nitro groups is 1. The molecule has 0 unspecified atom stereocenters. The van der Waals surface area contributed by atoms with Crippen LogP contribution in [0.15, 0.2) is 48.8 Å². The van der Waals surface area contributed by atoms with Crippen LogP contribution in [0, 0.1) is 10.1 Å². The molecule has 0 spiro atoms. The van der Waals surface area contributed by atoms with Crippen molar-refractivity contribution in [3.8, 4) is 0 Å². The van der Waals surface area contributed by atoms with E-state index in [1.165, 1.54) is 45.4 Å². The van der Waals surface area contributed by atoms with Gasteiger partial charge in [-0.3, -0.25) is 14.9 Å². The molecule has 0 atom stereocenters. The molecule has 12 heteroatoms. The molecule has 0 amide bonds. The summed E-state index contributed by atoms with van der Waals surface area (Å²) in [6.07, 6.45) is 1.10. The van der Waals surface area contributed by atoms with Crippen molar-refractivity contribution in [1.29, 1.82) is 0 Å². The number of hydrogen-bond donors (Lipinski definition) is 2. The molecule has 0 saturated carbocycles. The first kappa shape index (κ1) is 23.8. The predicted octanol–water partition coefficient (Wildman–Crippen LogP) is 3.65. The number of carbonyl (C=O) groups excluding carboxylic acids is 3. The van der Waals surface area contributed by atoms with E-state index in [1.807, 2.05) is 0 Å². The van der Waals surface area contributed by atoms with Crippen molar-refractivity contribution in [3.63, 3.8) is 0 Å². The van der Waals surface area contributed by atoms with Crippen molar-refractivity contribution < 1.29 is 28.8 Å². The molecular weight excluding hydrogens is 446 g/mol. The Morgan fingerprint density at radius 2 is 1.38 bits per heavy atom. The Balaban J connectivity index is 2.04. The van der Waals surface area contributed by atoms with Gasteiger partial charge in [0.1, 0.15) is 6.33 Å². The van der Waals surface area contributed by atoms with Gasteiger partial charge in [-0.05, 0) is 37.3 Å². The molecule has 0 aliphatic carbocycles. The third-order valence-corrected chi connectivity index (χ3v) is 4.57. The van der Waals surface area contributed by atoms with Gasteiger partial charge in [0.2, 0.25) is 11.6 Å². The van der Waals surface area contributed by atoms with Crippen LogP contribution in [0.25, 0.3) is 0 Å². The number of nitrogens with zero attached hydrogens (tertiary/aromatic N) is 3. The van der Waals surface area contributed by atoms with Crippen LogP contribution in [0.3, 0.4) is 0 Å². The zero-order chi connectivity index (χ0) is 24.8. The summed E-state index contributed by atoms with van der Waals surface area (Å²) in [5.74, 6) is -1.96. The SMILES string of the molecule is COC(=O)c1cc(Nc2ncnc(Nc3cccc(C(C)=O)c3)c2[N+](=O)[O-])cc(C(=O)OC)c1. The summed E-state index contributed by atoms with van der Waals surface area (Å²) in [5, 5.41) is 17.4. The van der Waals surface area contributed by atoms with Gasteiger partial charge >= 0.3 is 17.6 Å². The van der Waals surface area contributed by atoms with Crippen LogP contribution in [-0.4, -0.2) is 46.8 Å². The van der Waals surface area contributed by atoms with E-state index in [1.54, 1.807) is 18.2 Å². The number of carbonyl (C=O) groups is 3. The largest absolute Gasteiger partial charge is 0.465 e. The Hall–Kier alpha value is -4.87. The van der Waals surface area contributed by atoms with E-state index in [0.717, 1.165) is 6.33 Å². The Morgan fingerprint density at radius 1 is 0.853 bits per heavy atom. The van der Waals surface area contributed by atoms with Crippen molar-refractivity contribution in [2.45, 2.75) is 6.92 Å². The number of ether oxygens (including phenoxy) is 2. The molecule has 1 aromatic heterocycles. The van der Waals surface area contributed by atoms with E-state index in [-0.39, 0.29) is 34.2 Å². The second kappa shape index (κ2) is 10.2. The maximum Gasteiger partial charge on any atom is 0.353 e. The maximum absolute atomic E-state index is 12.0. The number of hydrogen-bond acceptors (Lipinski definition) is 11. The fraction of sp³-hybridized carbons (Fsp3) is 0.136. The number of anilines is 4. The minimum Gasteiger partial charge on any atom is -0.465 e. The third kappa shape index (κ3) is 5.30. The van der Waals surface area contributed by atoms with Crippen LogP contribution in [0.5, 0.6) is 0 Å². The minimum absolute atomic E-state index is 0.0176. The lowest BCUT2D eigenvalue weighted by atomic mass is 10.1. The third-order valence-electron chi connectivity index (χ3n) is 4.57. The van der Waals surface area contributed by atoms with E-state index in [0.29, 0.717) is 11.3 Å². The zero-order valence-electron chi connectivity index (χ0n) is 18.3. The molecule has 3 rings (SSSR count). The van der Waals surface area contributed by atoms with Gasteiger partial charge in [-0.1, -0.05) is 12.1 Å². The van der Waals surface area contributed by atoms with E-state index in [4.69, 9.17) is 9.47 Å². The first-order valence-corrected chi connectivity index (χ1v) is 9.69. The van der Waals surface area contributed by atoms with Crippen molar-refractivity contribution in [2.75, 3.05) is 24.9 Å². The molecule has 174 valence electrons. The fourth-order valence-corrected chi connectivity index (χ4v) is 3.00. The quantitative estimate of drug-likeness (QED) is 0.216. The molecular formula is C22H19N5O7. The Morgan fingerprint density at radius 3 is 1.88 bits per heavy atom. The van der Waals surface area contributed by atoms with Gasteiger partial charge < -0.3 is 20.1 Å².